The first-order chi connectivity index (χ1) is 16.2. The van der Waals surface area contributed by atoms with Crippen molar-refractivity contribution in [3.8, 4) is 22.8 Å². The SMILES string of the molecule is COc1ccc(-c2nnc(SCc3nc4ccccc4n3C(F)F)n2-c2ccccc2)cc1. The van der Waals surface area contributed by atoms with Gasteiger partial charge in [0.2, 0.25) is 0 Å². The van der Waals surface area contributed by atoms with Gasteiger partial charge in [-0.05, 0) is 48.5 Å². The van der Waals surface area contributed by atoms with Crippen LogP contribution in [0.25, 0.3) is 28.1 Å². The molecule has 6 nitrogen and oxygen atoms in total. The van der Waals surface area contributed by atoms with Gasteiger partial charge in [0.15, 0.2) is 11.0 Å². The highest BCUT2D eigenvalue weighted by molar-refractivity contribution is 7.98. The Hall–Kier alpha value is -3.72. The molecule has 0 amide bonds. The molecule has 0 aliphatic rings. The maximum Gasteiger partial charge on any atom is 0.320 e. The zero-order valence-electron chi connectivity index (χ0n) is 17.6. The van der Waals surface area contributed by atoms with Crippen LogP contribution in [0, 0.1) is 0 Å². The van der Waals surface area contributed by atoms with Crippen LogP contribution in [0.1, 0.15) is 12.4 Å². The van der Waals surface area contributed by atoms with Gasteiger partial charge in [0.1, 0.15) is 11.6 Å². The molecule has 5 aromatic rings. The van der Waals surface area contributed by atoms with Crippen molar-refractivity contribution in [3.05, 3.63) is 84.7 Å². The Balaban J connectivity index is 1.53. The van der Waals surface area contributed by atoms with E-state index in [1.165, 1.54) is 11.8 Å². The van der Waals surface area contributed by atoms with Crippen molar-refractivity contribution in [1.29, 1.82) is 0 Å². The Kier molecular flexibility index (Phi) is 5.78. The molecule has 2 aromatic heterocycles. The highest BCUT2D eigenvalue weighted by Crippen LogP contribution is 2.32. The van der Waals surface area contributed by atoms with E-state index in [1.807, 2.05) is 59.2 Å². The molecule has 0 fully saturated rings. The number of hydrogen-bond donors (Lipinski definition) is 0. The molecule has 0 spiro atoms. The smallest absolute Gasteiger partial charge is 0.320 e. The van der Waals surface area contributed by atoms with Crippen molar-refractivity contribution in [2.75, 3.05) is 7.11 Å². The van der Waals surface area contributed by atoms with Gasteiger partial charge < -0.3 is 4.74 Å². The first-order valence-corrected chi connectivity index (χ1v) is 11.2. The Bertz CT molecular complexity index is 1380. The number of methoxy groups -OCH3 is 1. The van der Waals surface area contributed by atoms with Crippen LogP contribution in [0.4, 0.5) is 8.78 Å². The molecule has 5 rings (SSSR count). The molecule has 0 radical (unpaired) electrons. The van der Waals surface area contributed by atoms with Gasteiger partial charge in [0.05, 0.1) is 23.9 Å². The van der Waals surface area contributed by atoms with Crippen molar-refractivity contribution in [3.63, 3.8) is 0 Å². The average molecular weight is 464 g/mol. The zero-order chi connectivity index (χ0) is 22.8. The van der Waals surface area contributed by atoms with E-state index in [4.69, 9.17) is 4.74 Å². The quantitative estimate of drug-likeness (QED) is 0.278. The lowest BCUT2D eigenvalue weighted by atomic mass is 10.2. The summed E-state index contributed by atoms with van der Waals surface area (Å²) in [6.07, 6.45) is 0. The number of fused-ring (bicyclic) bond motifs is 1. The van der Waals surface area contributed by atoms with Crippen LogP contribution in [0.5, 0.6) is 5.75 Å². The highest BCUT2D eigenvalue weighted by atomic mass is 32.2. The van der Waals surface area contributed by atoms with Crippen LogP contribution in [0.3, 0.4) is 0 Å². The predicted molar refractivity (Wildman–Crippen MR) is 124 cm³/mol. The van der Waals surface area contributed by atoms with Crippen LogP contribution >= 0.6 is 11.8 Å². The number of halogens is 2. The lowest BCUT2D eigenvalue weighted by Gasteiger charge is -2.11. The van der Waals surface area contributed by atoms with E-state index in [2.05, 4.69) is 15.2 Å². The fourth-order valence-electron chi connectivity index (χ4n) is 3.64. The minimum absolute atomic E-state index is 0.215. The molecular weight excluding hydrogens is 444 g/mol. The lowest BCUT2D eigenvalue weighted by molar-refractivity contribution is 0.0722. The van der Waals surface area contributed by atoms with Gasteiger partial charge in [0.25, 0.3) is 0 Å². The van der Waals surface area contributed by atoms with E-state index < -0.39 is 6.55 Å². The predicted octanol–water partition coefficient (Wildman–Crippen LogP) is 5.98. The molecule has 166 valence electrons. The fraction of sp³-hybridized carbons (Fsp3) is 0.125. The monoisotopic (exact) mass is 463 g/mol. The molecule has 0 saturated heterocycles. The molecule has 0 saturated carbocycles. The van der Waals surface area contributed by atoms with Crippen LogP contribution in [-0.4, -0.2) is 31.4 Å². The van der Waals surface area contributed by atoms with Gasteiger partial charge >= 0.3 is 6.55 Å². The molecular formula is C24H19F2N5OS. The summed E-state index contributed by atoms with van der Waals surface area (Å²) in [6.45, 7) is -2.69. The number of imidazole rings is 1. The second kappa shape index (κ2) is 9.03. The Morgan fingerprint density at radius 2 is 1.64 bits per heavy atom. The van der Waals surface area contributed by atoms with Crippen LogP contribution in [-0.2, 0) is 5.75 Å². The number of hydrogen-bond acceptors (Lipinski definition) is 5. The maximum atomic E-state index is 13.8. The summed E-state index contributed by atoms with van der Waals surface area (Å²) in [4.78, 5) is 4.43. The lowest BCUT2D eigenvalue weighted by Crippen LogP contribution is -2.04. The average Bonchev–Trinajstić information content (AvgIpc) is 3.44. The van der Waals surface area contributed by atoms with Crippen LogP contribution in [0.2, 0.25) is 0 Å². The third kappa shape index (κ3) is 4.07. The number of ether oxygens (including phenoxy) is 1. The van der Waals surface area contributed by atoms with Crippen molar-refractivity contribution >= 4 is 22.8 Å². The standard InChI is InChI=1S/C24H19F2N5OS/c1-32-18-13-11-16(12-14-18)22-28-29-24(30(22)17-7-3-2-4-8-17)33-15-21-27-19-9-5-6-10-20(19)31(21)23(25)26/h2-14,23H,15H2,1H3. The third-order valence-corrected chi connectivity index (χ3v) is 6.12. The van der Waals surface area contributed by atoms with Crippen molar-refractivity contribution < 1.29 is 13.5 Å². The van der Waals surface area contributed by atoms with E-state index in [0.29, 0.717) is 22.0 Å². The van der Waals surface area contributed by atoms with Gasteiger partial charge in [-0.3, -0.25) is 9.13 Å². The zero-order valence-corrected chi connectivity index (χ0v) is 18.4. The molecule has 0 unspecified atom stereocenters. The van der Waals surface area contributed by atoms with Gasteiger partial charge in [-0.2, -0.15) is 8.78 Å². The Labute approximate surface area is 192 Å². The van der Waals surface area contributed by atoms with E-state index >= 15 is 0 Å². The summed E-state index contributed by atoms with van der Waals surface area (Å²) in [7, 11) is 1.61. The summed E-state index contributed by atoms with van der Waals surface area (Å²) in [5, 5.41) is 9.37. The first-order valence-electron chi connectivity index (χ1n) is 10.2. The molecule has 0 aliphatic carbocycles. The van der Waals surface area contributed by atoms with E-state index in [-0.39, 0.29) is 11.6 Å². The molecule has 0 bridgehead atoms. The largest absolute Gasteiger partial charge is 0.497 e. The Morgan fingerprint density at radius 1 is 0.909 bits per heavy atom. The fourth-order valence-corrected chi connectivity index (χ4v) is 4.52. The molecule has 0 N–H and O–H groups in total. The second-order valence-corrected chi connectivity index (χ2v) is 8.10. The molecule has 3 aromatic carbocycles. The van der Waals surface area contributed by atoms with E-state index in [1.54, 1.807) is 31.4 Å². The summed E-state index contributed by atoms with van der Waals surface area (Å²) in [6, 6.07) is 24.1. The maximum absolute atomic E-state index is 13.8. The van der Waals surface area contributed by atoms with Crippen molar-refractivity contribution in [2.24, 2.45) is 0 Å². The van der Waals surface area contributed by atoms with Crippen LogP contribution in [0.15, 0.2) is 84.0 Å². The summed E-state index contributed by atoms with van der Waals surface area (Å²) < 4.78 is 35.8. The molecule has 0 aliphatic heterocycles. The number of rotatable bonds is 7. The number of para-hydroxylation sites is 3. The molecule has 0 atom stereocenters. The van der Waals surface area contributed by atoms with Gasteiger partial charge in [0, 0.05) is 11.3 Å². The second-order valence-electron chi connectivity index (χ2n) is 7.16. The van der Waals surface area contributed by atoms with Gasteiger partial charge in [-0.25, -0.2) is 4.98 Å². The van der Waals surface area contributed by atoms with E-state index in [9.17, 15) is 8.78 Å². The number of aromatic nitrogens is 5. The van der Waals surface area contributed by atoms with Gasteiger partial charge in [-0.1, -0.05) is 42.1 Å². The first kappa shape index (κ1) is 21.1. The van der Waals surface area contributed by atoms with Crippen molar-refractivity contribution in [2.45, 2.75) is 17.5 Å². The minimum Gasteiger partial charge on any atom is -0.497 e. The topological polar surface area (TPSA) is 57.8 Å². The molecule has 33 heavy (non-hydrogen) atoms. The number of thioether (sulfide) groups is 1. The minimum atomic E-state index is -2.69. The molecule has 2 heterocycles. The van der Waals surface area contributed by atoms with Crippen LogP contribution < -0.4 is 4.74 Å². The number of benzene rings is 3. The summed E-state index contributed by atoms with van der Waals surface area (Å²) >= 11 is 1.31. The number of nitrogens with zero attached hydrogens (tertiary/aromatic N) is 5. The highest BCUT2D eigenvalue weighted by Gasteiger charge is 2.20. The number of alkyl halides is 2. The summed E-state index contributed by atoms with van der Waals surface area (Å²) in [5.41, 5.74) is 2.68. The Morgan fingerprint density at radius 3 is 2.36 bits per heavy atom. The van der Waals surface area contributed by atoms with Gasteiger partial charge in [-0.15, -0.1) is 10.2 Å². The third-order valence-electron chi connectivity index (χ3n) is 5.19. The van der Waals surface area contributed by atoms with E-state index in [0.717, 1.165) is 21.6 Å². The normalized spacial score (nSPS) is 11.4. The summed E-state index contributed by atoms with van der Waals surface area (Å²) in [5.74, 6) is 1.88. The van der Waals surface area contributed by atoms with Crippen molar-refractivity contribution in [1.82, 2.24) is 24.3 Å². The molecule has 9 heteroatoms.